The summed E-state index contributed by atoms with van der Waals surface area (Å²) in [6.45, 7) is 4.70. The molecule has 0 heterocycles. The predicted octanol–water partition coefficient (Wildman–Crippen LogP) is 4.14. The van der Waals surface area contributed by atoms with Gasteiger partial charge in [0.15, 0.2) is 6.29 Å². The molecular formula is C15H18F3NO. The van der Waals surface area contributed by atoms with Crippen LogP contribution < -0.4 is 4.90 Å². The van der Waals surface area contributed by atoms with E-state index in [4.69, 9.17) is 0 Å². The molecule has 0 N–H and O–H groups in total. The fourth-order valence-corrected chi connectivity index (χ4v) is 2.26. The van der Waals surface area contributed by atoms with Crippen molar-refractivity contribution in [3.8, 4) is 0 Å². The minimum absolute atomic E-state index is 0.124. The molecule has 0 radical (unpaired) electrons. The molecule has 20 heavy (non-hydrogen) atoms. The first-order valence-electron chi connectivity index (χ1n) is 6.76. The van der Waals surface area contributed by atoms with Crippen molar-refractivity contribution in [3.05, 3.63) is 29.3 Å². The molecule has 0 aliphatic heterocycles. The number of anilines is 1. The van der Waals surface area contributed by atoms with E-state index in [-0.39, 0.29) is 17.9 Å². The van der Waals surface area contributed by atoms with E-state index in [0.29, 0.717) is 11.6 Å². The van der Waals surface area contributed by atoms with Gasteiger partial charge in [0.2, 0.25) is 0 Å². The highest BCUT2D eigenvalue weighted by molar-refractivity contribution is 5.79. The molecule has 1 fully saturated rings. The third kappa shape index (κ3) is 3.32. The Morgan fingerprint density at radius 3 is 2.45 bits per heavy atom. The molecular weight excluding hydrogens is 267 g/mol. The zero-order valence-corrected chi connectivity index (χ0v) is 11.6. The van der Waals surface area contributed by atoms with Crippen LogP contribution in [0.1, 0.15) is 42.6 Å². The molecule has 0 atom stereocenters. The molecule has 0 bridgehead atoms. The van der Waals surface area contributed by atoms with Gasteiger partial charge in [-0.1, -0.05) is 0 Å². The minimum Gasteiger partial charge on any atom is -0.369 e. The summed E-state index contributed by atoms with van der Waals surface area (Å²) < 4.78 is 38.9. The lowest BCUT2D eigenvalue weighted by Gasteiger charge is -2.30. The smallest absolute Gasteiger partial charge is 0.369 e. The highest BCUT2D eigenvalue weighted by Crippen LogP contribution is 2.36. The van der Waals surface area contributed by atoms with Gasteiger partial charge < -0.3 is 4.90 Å². The average Bonchev–Trinajstić information content (AvgIpc) is 3.17. The summed E-state index contributed by atoms with van der Waals surface area (Å²) in [6.07, 6.45) is -1.97. The predicted molar refractivity (Wildman–Crippen MR) is 72.0 cm³/mol. The average molecular weight is 285 g/mol. The number of rotatable bonds is 5. The van der Waals surface area contributed by atoms with E-state index in [1.54, 1.807) is 6.07 Å². The number of hydrogen-bond donors (Lipinski definition) is 0. The molecule has 0 spiro atoms. The van der Waals surface area contributed by atoms with E-state index in [1.165, 1.54) is 6.07 Å². The number of aldehydes is 1. The zero-order valence-electron chi connectivity index (χ0n) is 11.6. The fourth-order valence-electron chi connectivity index (χ4n) is 2.26. The molecule has 1 saturated carbocycles. The number of alkyl halides is 3. The van der Waals surface area contributed by atoms with Gasteiger partial charge in [-0.2, -0.15) is 13.2 Å². The highest BCUT2D eigenvalue weighted by Gasteiger charge is 2.34. The van der Waals surface area contributed by atoms with Crippen molar-refractivity contribution in [1.82, 2.24) is 0 Å². The Labute approximate surface area is 116 Å². The van der Waals surface area contributed by atoms with Crippen molar-refractivity contribution in [2.45, 2.75) is 38.9 Å². The molecule has 5 heteroatoms. The van der Waals surface area contributed by atoms with E-state index < -0.39 is 11.7 Å². The number of carbonyl (C=O) groups excluding carboxylic acids is 1. The van der Waals surface area contributed by atoms with Crippen LogP contribution in [0.3, 0.4) is 0 Å². The second-order valence-corrected chi connectivity index (χ2v) is 5.58. The number of nitrogens with zero attached hydrogens (tertiary/aromatic N) is 1. The highest BCUT2D eigenvalue weighted by atomic mass is 19.4. The first-order valence-corrected chi connectivity index (χ1v) is 6.76. The van der Waals surface area contributed by atoms with Crippen LogP contribution in [-0.2, 0) is 6.18 Å². The summed E-state index contributed by atoms with van der Waals surface area (Å²) in [5.41, 5.74) is -0.632. The Kier molecular flexibility index (Phi) is 4.06. The third-order valence-electron chi connectivity index (χ3n) is 3.58. The van der Waals surface area contributed by atoms with Crippen molar-refractivity contribution in [3.63, 3.8) is 0 Å². The third-order valence-corrected chi connectivity index (χ3v) is 3.58. The van der Waals surface area contributed by atoms with Crippen molar-refractivity contribution < 1.29 is 18.0 Å². The molecule has 0 unspecified atom stereocenters. The molecule has 0 aromatic heterocycles. The summed E-state index contributed by atoms with van der Waals surface area (Å²) in [5, 5.41) is 0. The molecule has 1 aromatic rings. The standard InChI is InChI=1S/C15H18F3NO/c1-10(2)19(8-11-3-4-11)13-6-5-12(9-20)14(7-13)15(16,17)18/h5-7,9-11H,3-4,8H2,1-2H3. The lowest BCUT2D eigenvalue weighted by atomic mass is 10.1. The van der Waals surface area contributed by atoms with E-state index in [0.717, 1.165) is 25.5 Å². The van der Waals surface area contributed by atoms with Crippen LogP contribution in [0.15, 0.2) is 18.2 Å². The molecule has 2 nitrogen and oxygen atoms in total. The number of hydrogen-bond acceptors (Lipinski definition) is 2. The van der Waals surface area contributed by atoms with Crippen molar-refractivity contribution in [2.24, 2.45) is 5.92 Å². The molecule has 0 amide bonds. The maximum absolute atomic E-state index is 13.0. The second kappa shape index (κ2) is 5.46. The van der Waals surface area contributed by atoms with Gasteiger partial charge in [-0.3, -0.25) is 4.79 Å². The lowest BCUT2D eigenvalue weighted by Crippen LogP contribution is -2.33. The van der Waals surface area contributed by atoms with E-state index >= 15 is 0 Å². The molecule has 1 aromatic carbocycles. The summed E-state index contributed by atoms with van der Waals surface area (Å²) in [6, 6.07) is 4.07. The monoisotopic (exact) mass is 285 g/mol. The van der Waals surface area contributed by atoms with Gasteiger partial charge in [0.05, 0.1) is 5.56 Å². The summed E-state index contributed by atoms with van der Waals surface area (Å²) in [5.74, 6) is 0.581. The minimum atomic E-state index is -4.51. The Morgan fingerprint density at radius 2 is 2.00 bits per heavy atom. The second-order valence-electron chi connectivity index (χ2n) is 5.58. The Balaban J connectivity index is 2.37. The van der Waals surface area contributed by atoms with E-state index in [9.17, 15) is 18.0 Å². The quantitative estimate of drug-likeness (QED) is 0.758. The van der Waals surface area contributed by atoms with Crippen molar-refractivity contribution in [2.75, 3.05) is 11.4 Å². The number of benzene rings is 1. The lowest BCUT2D eigenvalue weighted by molar-refractivity contribution is -0.137. The number of halogens is 3. The summed E-state index contributed by atoms with van der Waals surface area (Å²) >= 11 is 0. The summed E-state index contributed by atoms with van der Waals surface area (Å²) in [4.78, 5) is 12.7. The summed E-state index contributed by atoms with van der Waals surface area (Å²) in [7, 11) is 0. The van der Waals surface area contributed by atoms with E-state index in [1.807, 2.05) is 18.7 Å². The first kappa shape index (κ1) is 14.9. The van der Waals surface area contributed by atoms with Crippen molar-refractivity contribution in [1.29, 1.82) is 0 Å². The topological polar surface area (TPSA) is 20.3 Å². The molecule has 2 rings (SSSR count). The first-order chi connectivity index (χ1) is 9.32. The van der Waals surface area contributed by atoms with Crippen LogP contribution in [0.2, 0.25) is 0 Å². The maximum atomic E-state index is 13.0. The molecule has 1 aliphatic rings. The fraction of sp³-hybridized carbons (Fsp3) is 0.533. The Bertz CT molecular complexity index is 492. The van der Waals surface area contributed by atoms with Crippen LogP contribution >= 0.6 is 0 Å². The van der Waals surface area contributed by atoms with E-state index in [2.05, 4.69) is 0 Å². The molecule has 110 valence electrons. The normalized spacial score (nSPS) is 15.5. The molecule has 1 aliphatic carbocycles. The van der Waals surface area contributed by atoms with Crippen LogP contribution in [0.25, 0.3) is 0 Å². The molecule has 0 saturated heterocycles. The van der Waals surface area contributed by atoms with Gasteiger partial charge in [-0.15, -0.1) is 0 Å². The van der Waals surface area contributed by atoms with Crippen LogP contribution in [0, 0.1) is 5.92 Å². The largest absolute Gasteiger partial charge is 0.417 e. The van der Waals surface area contributed by atoms with Crippen LogP contribution in [-0.4, -0.2) is 18.9 Å². The van der Waals surface area contributed by atoms with Gasteiger partial charge in [0, 0.05) is 23.8 Å². The zero-order chi connectivity index (χ0) is 14.9. The van der Waals surface area contributed by atoms with Gasteiger partial charge >= 0.3 is 6.18 Å². The van der Waals surface area contributed by atoms with Gasteiger partial charge in [0.25, 0.3) is 0 Å². The SMILES string of the molecule is CC(C)N(CC1CC1)c1ccc(C=O)c(C(F)(F)F)c1. The Hall–Kier alpha value is -1.52. The Morgan fingerprint density at radius 1 is 1.35 bits per heavy atom. The van der Waals surface area contributed by atoms with Gasteiger partial charge in [0.1, 0.15) is 0 Å². The number of carbonyl (C=O) groups is 1. The van der Waals surface area contributed by atoms with Crippen LogP contribution in [0.4, 0.5) is 18.9 Å². The maximum Gasteiger partial charge on any atom is 0.417 e. The van der Waals surface area contributed by atoms with Gasteiger partial charge in [-0.25, -0.2) is 0 Å². The van der Waals surface area contributed by atoms with Crippen LogP contribution in [0.5, 0.6) is 0 Å². The van der Waals surface area contributed by atoms with Crippen molar-refractivity contribution >= 4 is 12.0 Å². The van der Waals surface area contributed by atoms with Gasteiger partial charge in [-0.05, 0) is 50.8 Å².